The first-order valence-corrected chi connectivity index (χ1v) is 13.9. The molecule has 1 N–H and O–H groups in total. The Morgan fingerprint density at radius 3 is 2.52 bits per heavy atom. The molecular weight excluding hydrogens is 567 g/mol. The molecule has 216 valence electrons. The highest BCUT2D eigenvalue weighted by molar-refractivity contribution is 8.14. The average Bonchev–Trinajstić information content (AvgIpc) is 3.63. The van der Waals surface area contributed by atoms with Crippen molar-refractivity contribution in [3.05, 3.63) is 90.3 Å². The van der Waals surface area contributed by atoms with Gasteiger partial charge < -0.3 is 9.64 Å². The second-order valence-corrected chi connectivity index (χ2v) is 10.5. The molecule has 13 heteroatoms. The Kier molecular flexibility index (Phi) is 8.57. The summed E-state index contributed by atoms with van der Waals surface area (Å²) >= 11 is 1.53. The molecule has 3 aromatic carbocycles. The first kappa shape index (κ1) is 28.9. The lowest BCUT2D eigenvalue weighted by Gasteiger charge is -2.22. The molecule has 0 saturated carbocycles. The number of hydrogen-bond donors (Lipinski definition) is 1. The Balaban J connectivity index is 1.19. The number of para-hydroxylation sites is 1. The van der Waals surface area contributed by atoms with Crippen LogP contribution in [-0.4, -0.2) is 50.8 Å². The van der Waals surface area contributed by atoms with Crippen LogP contribution in [0.25, 0.3) is 17.1 Å². The number of alkyl halides is 3. The summed E-state index contributed by atoms with van der Waals surface area (Å²) in [7, 11) is 0. The summed E-state index contributed by atoms with van der Waals surface area (Å²) in [6, 6.07) is 20.1. The third kappa shape index (κ3) is 7.16. The van der Waals surface area contributed by atoms with Crippen LogP contribution in [0.1, 0.15) is 30.9 Å². The molecule has 1 aliphatic heterocycles. The number of aromatic nitrogens is 3. The third-order valence-electron chi connectivity index (χ3n) is 6.19. The number of thioether (sulfide) groups is 1. The van der Waals surface area contributed by atoms with Gasteiger partial charge in [-0.25, -0.2) is 19.9 Å². The first-order chi connectivity index (χ1) is 20.2. The van der Waals surface area contributed by atoms with Crippen LogP contribution in [0.2, 0.25) is 0 Å². The van der Waals surface area contributed by atoms with Gasteiger partial charge >= 0.3 is 12.4 Å². The number of nitrogens with zero attached hydrogens (tertiary/aromatic N) is 6. The lowest BCUT2D eigenvalue weighted by molar-refractivity contribution is -0.274. The Morgan fingerprint density at radius 1 is 1.07 bits per heavy atom. The summed E-state index contributed by atoms with van der Waals surface area (Å²) in [5.74, 6) is 1.28. The third-order valence-corrected chi connectivity index (χ3v) is 7.15. The van der Waals surface area contributed by atoms with Crippen LogP contribution in [0.4, 0.5) is 23.7 Å². The smallest absolute Gasteiger partial charge is 0.406 e. The number of ether oxygens (including phenoxy) is 1. The van der Waals surface area contributed by atoms with Crippen molar-refractivity contribution >= 4 is 34.9 Å². The molecule has 0 radical (unpaired) electrons. The molecule has 42 heavy (non-hydrogen) atoms. The maximum Gasteiger partial charge on any atom is 0.573 e. The van der Waals surface area contributed by atoms with Crippen molar-refractivity contribution < 1.29 is 22.7 Å². The van der Waals surface area contributed by atoms with Crippen molar-refractivity contribution in [2.45, 2.75) is 26.1 Å². The number of carbonyl (C=O) groups is 1. The summed E-state index contributed by atoms with van der Waals surface area (Å²) in [4.78, 5) is 23.1. The Morgan fingerprint density at radius 2 is 1.81 bits per heavy atom. The summed E-state index contributed by atoms with van der Waals surface area (Å²) in [5, 5.41) is 9.06. The Bertz CT molecular complexity index is 1600. The molecule has 2 amide bonds. The standard InChI is InChI=1S/C29H26F3N7O2S/c1-19(2)24-5-3-4-6-25(24)38-15-16-42-28(38)35-27(40)36-34-17-20-7-9-21(10-8-20)26-33-18-39(37-26)22-11-13-23(14-12-22)41-29(30,31)32/h3-14,17-19H,15-16H2,1-2H3,(H,36,40)/b34-17+,35-28-. The fourth-order valence-corrected chi connectivity index (χ4v) is 5.20. The van der Waals surface area contributed by atoms with Crippen LogP contribution in [0.5, 0.6) is 5.75 Å². The number of halogens is 3. The van der Waals surface area contributed by atoms with E-state index in [0.717, 1.165) is 29.1 Å². The van der Waals surface area contributed by atoms with Crippen LogP contribution in [0.3, 0.4) is 0 Å². The molecule has 1 aliphatic rings. The fraction of sp³-hybridized carbons (Fsp3) is 0.207. The Hall–Kier alpha value is -4.65. The maximum atomic E-state index is 12.5. The minimum atomic E-state index is -4.75. The van der Waals surface area contributed by atoms with E-state index in [-0.39, 0.29) is 5.75 Å². The number of amidine groups is 1. The average molecular weight is 594 g/mol. The summed E-state index contributed by atoms with van der Waals surface area (Å²) < 4.78 is 42.5. The van der Waals surface area contributed by atoms with Crippen molar-refractivity contribution in [2.75, 3.05) is 17.2 Å². The normalized spacial score (nSPS) is 14.7. The van der Waals surface area contributed by atoms with Gasteiger partial charge in [0.25, 0.3) is 0 Å². The second-order valence-electron chi connectivity index (χ2n) is 9.46. The van der Waals surface area contributed by atoms with Gasteiger partial charge in [0, 0.05) is 23.5 Å². The van der Waals surface area contributed by atoms with Crippen LogP contribution in [0, 0.1) is 0 Å². The molecule has 1 fully saturated rings. The highest BCUT2D eigenvalue weighted by Crippen LogP contribution is 2.32. The van der Waals surface area contributed by atoms with E-state index in [1.54, 1.807) is 24.3 Å². The maximum absolute atomic E-state index is 12.5. The van der Waals surface area contributed by atoms with Crippen molar-refractivity contribution in [2.24, 2.45) is 10.1 Å². The number of nitrogens with one attached hydrogen (secondary N) is 1. The fourth-order valence-electron chi connectivity index (χ4n) is 4.25. The molecule has 0 aliphatic carbocycles. The van der Waals surface area contributed by atoms with E-state index in [1.165, 1.54) is 58.8 Å². The highest BCUT2D eigenvalue weighted by Gasteiger charge is 2.31. The van der Waals surface area contributed by atoms with E-state index < -0.39 is 12.4 Å². The van der Waals surface area contributed by atoms with Gasteiger partial charge in [0.05, 0.1) is 11.9 Å². The number of rotatable bonds is 7. The lowest BCUT2D eigenvalue weighted by Crippen LogP contribution is -2.27. The topological polar surface area (TPSA) is 97.0 Å². The molecule has 1 saturated heterocycles. The largest absolute Gasteiger partial charge is 0.573 e. The van der Waals surface area contributed by atoms with Gasteiger partial charge in [-0.1, -0.05) is 68.1 Å². The number of aliphatic imine (C=N–C) groups is 1. The molecule has 0 spiro atoms. The zero-order valence-corrected chi connectivity index (χ0v) is 23.4. The molecule has 4 aromatic rings. The molecular formula is C29H26F3N7O2S. The van der Waals surface area contributed by atoms with Crippen LogP contribution in [0.15, 0.2) is 89.2 Å². The number of urea groups is 1. The monoisotopic (exact) mass is 593 g/mol. The number of anilines is 1. The highest BCUT2D eigenvalue weighted by atomic mass is 32.2. The molecule has 5 rings (SSSR count). The predicted molar refractivity (Wildman–Crippen MR) is 157 cm³/mol. The summed E-state index contributed by atoms with van der Waals surface area (Å²) in [6.45, 7) is 5.05. The van der Waals surface area contributed by atoms with E-state index in [0.29, 0.717) is 22.6 Å². The Labute approximate surface area is 244 Å². The zero-order chi connectivity index (χ0) is 29.7. The van der Waals surface area contributed by atoms with Crippen molar-refractivity contribution in [1.29, 1.82) is 0 Å². The van der Waals surface area contributed by atoms with Gasteiger partial charge in [0.2, 0.25) is 0 Å². The molecule has 9 nitrogen and oxygen atoms in total. The molecule has 2 heterocycles. The zero-order valence-electron chi connectivity index (χ0n) is 22.6. The van der Waals surface area contributed by atoms with Gasteiger partial charge in [-0.2, -0.15) is 10.1 Å². The van der Waals surface area contributed by atoms with Crippen molar-refractivity contribution in [3.8, 4) is 22.8 Å². The van der Waals surface area contributed by atoms with E-state index in [9.17, 15) is 18.0 Å². The van der Waals surface area contributed by atoms with Crippen molar-refractivity contribution in [1.82, 2.24) is 20.2 Å². The minimum absolute atomic E-state index is 0.320. The number of benzene rings is 3. The summed E-state index contributed by atoms with van der Waals surface area (Å²) in [5.41, 5.74) is 6.68. The molecule has 0 bridgehead atoms. The van der Waals surface area contributed by atoms with E-state index >= 15 is 0 Å². The second kappa shape index (κ2) is 12.5. The van der Waals surface area contributed by atoms with Crippen LogP contribution >= 0.6 is 11.8 Å². The van der Waals surface area contributed by atoms with Gasteiger partial charge in [-0.3, -0.25) is 0 Å². The van der Waals surface area contributed by atoms with Crippen LogP contribution < -0.4 is 15.1 Å². The first-order valence-electron chi connectivity index (χ1n) is 13.0. The van der Waals surface area contributed by atoms with E-state index in [4.69, 9.17) is 0 Å². The SMILES string of the molecule is CC(C)c1ccccc1N1CCS/C1=N\C(=O)N/N=C/c1ccc(-c2ncn(-c3ccc(OC(F)(F)F)cc3)n2)cc1. The van der Waals surface area contributed by atoms with Gasteiger partial charge in [-0.05, 0) is 47.4 Å². The van der Waals surface area contributed by atoms with Gasteiger partial charge in [0.15, 0.2) is 11.0 Å². The van der Waals surface area contributed by atoms with Gasteiger partial charge in [-0.15, -0.1) is 18.3 Å². The van der Waals surface area contributed by atoms with Crippen LogP contribution in [-0.2, 0) is 0 Å². The minimum Gasteiger partial charge on any atom is -0.406 e. The van der Waals surface area contributed by atoms with E-state index in [2.05, 4.69) is 55.2 Å². The van der Waals surface area contributed by atoms with Crippen molar-refractivity contribution in [3.63, 3.8) is 0 Å². The van der Waals surface area contributed by atoms with Gasteiger partial charge in [0.1, 0.15) is 12.1 Å². The molecule has 0 unspecified atom stereocenters. The molecule has 0 atom stereocenters. The number of hydrazone groups is 1. The number of amides is 2. The number of hydrogen-bond acceptors (Lipinski definition) is 6. The van der Waals surface area contributed by atoms with E-state index in [1.807, 2.05) is 18.2 Å². The summed E-state index contributed by atoms with van der Waals surface area (Å²) in [6.07, 6.45) is -1.78. The quantitative estimate of drug-likeness (QED) is 0.191. The predicted octanol–water partition coefficient (Wildman–Crippen LogP) is 6.61. The molecule has 1 aromatic heterocycles. The lowest BCUT2D eigenvalue weighted by atomic mass is 10.0. The number of carbonyl (C=O) groups excluding carboxylic acids is 1.